The van der Waals surface area contributed by atoms with E-state index in [4.69, 9.17) is 10.4 Å². The van der Waals surface area contributed by atoms with Gasteiger partial charge in [0.25, 0.3) is 0 Å². The molecule has 1 aliphatic carbocycles. The van der Waals surface area contributed by atoms with E-state index < -0.39 is 0 Å². The van der Waals surface area contributed by atoms with E-state index in [1.165, 1.54) is 19.3 Å². The molecule has 0 spiro atoms. The Morgan fingerprint density at radius 1 is 1.35 bits per heavy atom. The maximum absolute atomic E-state index is 5.81. The Hall–Kier alpha value is -1.78. The van der Waals surface area contributed by atoms with E-state index in [0.717, 1.165) is 17.1 Å². The summed E-state index contributed by atoms with van der Waals surface area (Å²) in [6.07, 6.45) is 3.96. The van der Waals surface area contributed by atoms with Crippen molar-refractivity contribution < 1.29 is 4.63 Å². The Morgan fingerprint density at radius 3 is 2.82 bits per heavy atom. The molecule has 1 fully saturated rings. The summed E-state index contributed by atoms with van der Waals surface area (Å²) in [7, 11) is 0. The molecule has 3 rings (SSSR count). The van der Waals surface area contributed by atoms with Crippen molar-refractivity contribution in [1.29, 1.82) is 0 Å². The van der Waals surface area contributed by atoms with Gasteiger partial charge in [0.15, 0.2) is 11.0 Å². The second-order valence-electron chi connectivity index (χ2n) is 4.79. The van der Waals surface area contributed by atoms with Gasteiger partial charge in [-0.1, -0.05) is 6.42 Å². The zero-order valence-electron chi connectivity index (χ0n) is 9.81. The number of anilines is 2. The van der Waals surface area contributed by atoms with Gasteiger partial charge in [0.2, 0.25) is 0 Å². The van der Waals surface area contributed by atoms with E-state index in [1.807, 2.05) is 12.1 Å². The molecule has 90 valence electrons. The summed E-state index contributed by atoms with van der Waals surface area (Å²) in [6.45, 7) is 2.21. The highest BCUT2D eigenvalue weighted by molar-refractivity contribution is 5.95. The first kappa shape index (κ1) is 10.4. The minimum atomic E-state index is 0.451. The molecule has 0 saturated heterocycles. The lowest BCUT2D eigenvalue weighted by atomic mass is 9.80. The molecule has 1 aromatic heterocycles. The van der Waals surface area contributed by atoms with E-state index in [1.54, 1.807) is 0 Å². The van der Waals surface area contributed by atoms with E-state index in [-0.39, 0.29) is 0 Å². The standard InChI is InChI=1S/C12H16N4O/c1-7(8-3-2-4-8)14-10-6-5-9(13)11-12(10)16-17-15-11/h5-8,14H,2-4,13H2,1H3. The number of hydrogen-bond acceptors (Lipinski definition) is 5. The fourth-order valence-electron chi connectivity index (χ4n) is 2.31. The van der Waals surface area contributed by atoms with Gasteiger partial charge in [0, 0.05) is 6.04 Å². The first-order chi connectivity index (χ1) is 8.25. The van der Waals surface area contributed by atoms with Crippen molar-refractivity contribution in [2.45, 2.75) is 32.2 Å². The molecular weight excluding hydrogens is 216 g/mol. The number of nitrogen functional groups attached to an aromatic ring is 1. The Bertz CT molecular complexity index is 532. The summed E-state index contributed by atoms with van der Waals surface area (Å²) >= 11 is 0. The largest absolute Gasteiger partial charge is 0.397 e. The van der Waals surface area contributed by atoms with Gasteiger partial charge in [-0.05, 0) is 48.1 Å². The number of aromatic nitrogens is 2. The van der Waals surface area contributed by atoms with E-state index in [2.05, 4.69) is 22.6 Å². The third-order valence-corrected chi connectivity index (χ3v) is 3.69. The van der Waals surface area contributed by atoms with Crippen LogP contribution in [-0.2, 0) is 0 Å². The number of fused-ring (bicyclic) bond motifs is 1. The molecule has 0 radical (unpaired) electrons. The average molecular weight is 232 g/mol. The van der Waals surface area contributed by atoms with Gasteiger partial charge >= 0.3 is 0 Å². The van der Waals surface area contributed by atoms with Crippen LogP contribution in [0.5, 0.6) is 0 Å². The summed E-state index contributed by atoms with van der Waals surface area (Å²) < 4.78 is 4.75. The maximum atomic E-state index is 5.81. The van der Waals surface area contributed by atoms with Crippen LogP contribution in [0.4, 0.5) is 11.4 Å². The summed E-state index contributed by atoms with van der Waals surface area (Å²) in [5.74, 6) is 0.766. The molecule has 0 bridgehead atoms. The average Bonchev–Trinajstić information content (AvgIpc) is 2.69. The van der Waals surface area contributed by atoms with E-state index in [9.17, 15) is 0 Å². The quantitative estimate of drug-likeness (QED) is 0.794. The van der Waals surface area contributed by atoms with Crippen LogP contribution in [0.1, 0.15) is 26.2 Å². The molecule has 5 heteroatoms. The van der Waals surface area contributed by atoms with Gasteiger partial charge in [-0.3, -0.25) is 0 Å². The molecule has 1 unspecified atom stereocenters. The highest BCUT2D eigenvalue weighted by Gasteiger charge is 2.24. The number of benzene rings is 1. The number of hydrogen-bond donors (Lipinski definition) is 2. The molecule has 1 heterocycles. The Labute approximate surface area is 99.3 Å². The molecule has 17 heavy (non-hydrogen) atoms. The van der Waals surface area contributed by atoms with Crippen LogP contribution in [-0.4, -0.2) is 16.4 Å². The highest BCUT2D eigenvalue weighted by Crippen LogP contribution is 2.32. The molecule has 1 aromatic carbocycles. The van der Waals surface area contributed by atoms with Crippen molar-refractivity contribution >= 4 is 22.4 Å². The molecule has 3 N–H and O–H groups in total. The SMILES string of the molecule is CC(Nc1ccc(N)c2nonc12)C1CCC1. The van der Waals surface area contributed by atoms with Crippen molar-refractivity contribution in [2.24, 2.45) is 5.92 Å². The van der Waals surface area contributed by atoms with Crippen molar-refractivity contribution in [3.05, 3.63) is 12.1 Å². The zero-order chi connectivity index (χ0) is 11.8. The maximum Gasteiger partial charge on any atom is 0.160 e. The summed E-state index contributed by atoms with van der Waals surface area (Å²) in [5.41, 5.74) is 8.71. The van der Waals surface area contributed by atoms with Gasteiger partial charge in [0.05, 0.1) is 11.4 Å². The Morgan fingerprint density at radius 2 is 2.12 bits per heavy atom. The smallest absolute Gasteiger partial charge is 0.160 e. The number of nitrogens with one attached hydrogen (secondary N) is 1. The molecule has 5 nitrogen and oxygen atoms in total. The Kier molecular flexibility index (Phi) is 2.39. The first-order valence-corrected chi connectivity index (χ1v) is 6.03. The van der Waals surface area contributed by atoms with Crippen molar-refractivity contribution in [3.8, 4) is 0 Å². The lowest BCUT2D eigenvalue weighted by molar-refractivity contribution is 0.285. The van der Waals surface area contributed by atoms with Gasteiger partial charge < -0.3 is 11.1 Å². The van der Waals surface area contributed by atoms with Crippen LogP contribution in [0.25, 0.3) is 11.0 Å². The molecule has 2 aromatic rings. The van der Waals surface area contributed by atoms with Crippen LogP contribution in [0, 0.1) is 5.92 Å². The molecule has 0 amide bonds. The minimum Gasteiger partial charge on any atom is -0.397 e. The minimum absolute atomic E-state index is 0.451. The van der Waals surface area contributed by atoms with Crippen LogP contribution >= 0.6 is 0 Å². The summed E-state index contributed by atoms with van der Waals surface area (Å²) in [5, 5.41) is 11.2. The lowest BCUT2D eigenvalue weighted by Gasteiger charge is -2.32. The number of nitrogens with zero attached hydrogens (tertiary/aromatic N) is 2. The predicted octanol–water partition coefficient (Wildman–Crippen LogP) is 2.41. The van der Waals surface area contributed by atoms with Crippen molar-refractivity contribution in [1.82, 2.24) is 10.3 Å². The monoisotopic (exact) mass is 232 g/mol. The molecule has 1 saturated carbocycles. The number of rotatable bonds is 3. The lowest BCUT2D eigenvalue weighted by Crippen LogP contribution is -2.30. The third-order valence-electron chi connectivity index (χ3n) is 3.69. The Balaban J connectivity index is 1.89. The number of nitrogens with two attached hydrogens (primary N) is 1. The van der Waals surface area contributed by atoms with E-state index in [0.29, 0.717) is 17.2 Å². The van der Waals surface area contributed by atoms with E-state index >= 15 is 0 Å². The van der Waals surface area contributed by atoms with Crippen LogP contribution in [0.3, 0.4) is 0 Å². The van der Waals surface area contributed by atoms with Gasteiger partial charge in [-0.15, -0.1) is 0 Å². The normalized spacial score (nSPS) is 17.9. The van der Waals surface area contributed by atoms with Gasteiger partial charge in [-0.2, -0.15) is 0 Å². The third kappa shape index (κ3) is 1.71. The molecule has 1 aliphatic rings. The summed E-state index contributed by atoms with van der Waals surface area (Å²) in [6, 6.07) is 4.23. The molecular formula is C12H16N4O. The second-order valence-corrected chi connectivity index (χ2v) is 4.79. The topological polar surface area (TPSA) is 77.0 Å². The van der Waals surface area contributed by atoms with Crippen LogP contribution < -0.4 is 11.1 Å². The van der Waals surface area contributed by atoms with Crippen molar-refractivity contribution in [3.63, 3.8) is 0 Å². The van der Waals surface area contributed by atoms with Crippen molar-refractivity contribution in [2.75, 3.05) is 11.1 Å². The predicted molar refractivity (Wildman–Crippen MR) is 66.6 cm³/mol. The first-order valence-electron chi connectivity index (χ1n) is 6.03. The molecule has 0 aliphatic heterocycles. The van der Waals surface area contributed by atoms with Gasteiger partial charge in [-0.25, -0.2) is 4.63 Å². The fraction of sp³-hybridized carbons (Fsp3) is 0.500. The molecule has 1 atom stereocenters. The fourth-order valence-corrected chi connectivity index (χ4v) is 2.31. The highest BCUT2D eigenvalue weighted by atomic mass is 16.6. The van der Waals surface area contributed by atoms with Crippen LogP contribution in [0.2, 0.25) is 0 Å². The zero-order valence-corrected chi connectivity index (χ0v) is 9.81. The van der Waals surface area contributed by atoms with Crippen LogP contribution in [0.15, 0.2) is 16.8 Å². The van der Waals surface area contributed by atoms with Gasteiger partial charge in [0.1, 0.15) is 0 Å². The second kappa shape index (κ2) is 3.91. The summed E-state index contributed by atoms with van der Waals surface area (Å²) in [4.78, 5) is 0.